The lowest BCUT2D eigenvalue weighted by molar-refractivity contribution is -0.251. The van der Waals surface area contributed by atoms with Crippen molar-refractivity contribution < 1.29 is 35.2 Å². The molecule has 0 aromatic heterocycles. The van der Waals surface area contributed by atoms with Crippen LogP contribution in [-0.4, -0.2) is 40.0 Å². The van der Waals surface area contributed by atoms with Crippen molar-refractivity contribution >= 4 is 18.9 Å². The number of alkyl halides is 6. The molecule has 0 saturated heterocycles. The smallest absolute Gasteiger partial charge is 0.388 e. The van der Waals surface area contributed by atoms with E-state index in [-0.39, 0.29) is 6.61 Å². The number of hydrogen-bond donors (Lipinski definition) is 0. The molecule has 0 N–H and O–H groups in total. The lowest BCUT2D eigenvalue weighted by Crippen LogP contribution is -2.65. The highest BCUT2D eigenvalue weighted by molar-refractivity contribution is 6.92. The van der Waals surface area contributed by atoms with Crippen molar-refractivity contribution in [2.45, 2.75) is 45.0 Å². The van der Waals surface area contributed by atoms with Gasteiger partial charge >= 0.3 is 20.7 Å². The zero-order valence-electron chi connectivity index (χ0n) is 17.3. The molecule has 0 radical (unpaired) electrons. The first-order chi connectivity index (χ1) is 14.5. The van der Waals surface area contributed by atoms with Gasteiger partial charge in [-0.3, -0.25) is 0 Å². The van der Waals surface area contributed by atoms with E-state index < -0.39 is 33.4 Å². The molecule has 0 heterocycles. The van der Waals surface area contributed by atoms with E-state index in [1.807, 2.05) is 13.8 Å². The quantitative estimate of drug-likeness (QED) is 0.257. The molecule has 0 amide bonds. The molecule has 9 heteroatoms. The number of hydrogen-bond acceptors (Lipinski definition) is 2. The Morgan fingerprint density at radius 1 is 0.806 bits per heavy atom. The molecule has 0 saturated carbocycles. The summed E-state index contributed by atoms with van der Waals surface area (Å²) >= 11 is 0. The van der Waals surface area contributed by atoms with Gasteiger partial charge < -0.3 is 8.85 Å². The average molecular weight is 465 g/mol. The Kier molecular flexibility index (Phi) is 8.73. The van der Waals surface area contributed by atoms with Gasteiger partial charge in [0.2, 0.25) is 0 Å². The fourth-order valence-electron chi connectivity index (χ4n) is 3.07. The summed E-state index contributed by atoms with van der Waals surface area (Å²) in [5.74, 6) is -4.38. The molecule has 172 valence electrons. The number of rotatable bonds is 11. The predicted molar refractivity (Wildman–Crippen MR) is 110 cm³/mol. The zero-order valence-corrected chi connectivity index (χ0v) is 18.3. The first kappa shape index (κ1) is 25.4. The van der Waals surface area contributed by atoms with Gasteiger partial charge in [-0.15, -0.1) is 0 Å². The van der Waals surface area contributed by atoms with Gasteiger partial charge in [0.15, 0.2) is 0 Å². The summed E-state index contributed by atoms with van der Waals surface area (Å²) in [6.45, 7) is 2.45. The maximum Gasteiger partial charge on any atom is 0.425 e. The fourth-order valence-corrected chi connectivity index (χ4v) is 6.25. The molecule has 31 heavy (non-hydrogen) atoms. The van der Waals surface area contributed by atoms with Crippen LogP contribution in [-0.2, 0) is 8.85 Å². The fraction of sp³-hybridized carbons (Fsp3) is 0.455. The second-order valence-corrected chi connectivity index (χ2v) is 10.7. The van der Waals surface area contributed by atoms with Gasteiger partial charge in [0.25, 0.3) is 6.17 Å². The minimum Gasteiger partial charge on any atom is -0.388 e. The first-order valence-corrected chi connectivity index (χ1v) is 11.8. The SMILES string of the molecule is CC(C)CCCO[Si](OCC(F)(F)C(F)C(F)(F)F)(c1ccccc1)c1ccccc1. The maximum absolute atomic E-state index is 14.1. The van der Waals surface area contributed by atoms with Gasteiger partial charge in [-0.05, 0) is 29.1 Å². The van der Waals surface area contributed by atoms with Gasteiger partial charge in [-0.2, -0.15) is 13.2 Å². The predicted octanol–water partition coefficient (Wildman–Crippen LogP) is 5.25. The Morgan fingerprint density at radius 3 is 1.71 bits per heavy atom. The third-order valence-corrected chi connectivity index (χ3v) is 8.01. The van der Waals surface area contributed by atoms with E-state index in [0.717, 1.165) is 6.42 Å². The number of halogens is 6. The summed E-state index contributed by atoms with van der Waals surface area (Å²) in [4.78, 5) is 0. The molecule has 0 aliphatic heterocycles. The van der Waals surface area contributed by atoms with Crippen molar-refractivity contribution in [2.24, 2.45) is 5.92 Å². The van der Waals surface area contributed by atoms with Crippen LogP contribution in [0.15, 0.2) is 60.7 Å². The summed E-state index contributed by atoms with van der Waals surface area (Å²) < 4.78 is 91.1. The molecule has 2 rings (SSSR count). The standard InChI is InChI=1S/C22H26F6O2Si/c1-17(2)10-9-15-29-31(18-11-5-3-6-12-18,19-13-7-4-8-14-19)30-16-21(24,25)20(23)22(26,27)28/h3-8,11-14,17,20H,9-10,15-16H2,1-2H3. The van der Waals surface area contributed by atoms with Gasteiger partial charge in [0, 0.05) is 6.61 Å². The summed E-state index contributed by atoms with van der Waals surface area (Å²) in [6, 6.07) is 16.5. The van der Waals surface area contributed by atoms with Crippen LogP contribution >= 0.6 is 0 Å². The topological polar surface area (TPSA) is 18.5 Å². The first-order valence-electron chi connectivity index (χ1n) is 9.96. The van der Waals surface area contributed by atoms with Crippen LogP contribution in [0.1, 0.15) is 26.7 Å². The molecule has 0 spiro atoms. The Hall–Kier alpha value is -1.84. The summed E-state index contributed by atoms with van der Waals surface area (Å²) in [7, 11) is -3.85. The second-order valence-electron chi connectivity index (χ2n) is 7.69. The molecular formula is C22H26F6O2Si. The van der Waals surface area contributed by atoms with Gasteiger partial charge in [-0.25, -0.2) is 13.2 Å². The molecular weight excluding hydrogens is 438 g/mol. The minimum atomic E-state index is -5.70. The Bertz CT molecular complexity index is 744. The Morgan fingerprint density at radius 2 is 1.29 bits per heavy atom. The van der Waals surface area contributed by atoms with Gasteiger partial charge in [0.1, 0.15) is 6.61 Å². The normalized spacial score (nSPS) is 14.1. The lowest BCUT2D eigenvalue weighted by atomic mass is 10.1. The minimum absolute atomic E-state index is 0.165. The van der Waals surface area contributed by atoms with Crippen LogP contribution < -0.4 is 10.4 Å². The number of benzene rings is 2. The third kappa shape index (κ3) is 6.82. The molecule has 1 unspecified atom stereocenters. The third-order valence-electron chi connectivity index (χ3n) is 4.66. The van der Waals surface area contributed by atoms with Crippen molar-refractivity contribution in [1.82, 2.24) is 0 Å². The van der Waals surface area contributed by atoms with Gasteiger partial charge in [-0.1, -0.05) is 74.5 Å². The largest absolute Gasteiger partial charge is 0.425 e. The van der Waals surface area contributed by atoms with Crippen LogP contribution in [0.3, 0.4) is 0 Å². The molecule has 1 atom stereocenters. The maximum atomic E-state index is 14.1. The van der Waals surface area contributed by atoms with Crippen LogP contribution in [0.25, 0.3) is 0 Å². The zero-order chi connectivity index (χ0) is 23.1. The van der Waals surface area contributed by atoms with E-state index in [4.69, 9.17) is 8.85 Å². The summed E-state index contributed by atoms with van der Waals surface area (Å²) in [6.07, 6.45) is -8.61. The molecule has 0 bridgehead atoms. The highest BCUT2D eigenvalue weighted by Gasteiger charge is 2.58. The van der Waals surface area contributed by atoms with Gasteiger partial charge in [0.05, 0.1) is 0 Å². The van der Waals surface area contributed by atoms with E-state index in [0.29, 0.717) is 22.7 Å². The van der Waals surface area contributed by atoms with E-state index >= 15 is 0 Å². The van der Waals surface area contributed by atoms with E-state index in [1.165, 1.54) is 0 Å². The highest BCUT2D eigenvalue weighted by atomic mass is 28.4. The highest BCUT2D eigenvalue weighted by Crippen LogP contribution is 2.35. The summed E-state index contributed by atoms with van der Waals surface area (Å²) in [5.41, 5.74) is 0. The molecule has 2 aromatic rings. The van der Waals surface area contributed by atoms with E-state index in [2.05, 4.69) is 0 Å². The Balaban J connectivity index is 2.42. The van der Waals surface area contributed by atoms with Crippen LogP contribution in [0.5, 0.6) is 0 Å². The molecule has 2 aromatic carbocycles. The molecule has 0 aliphatic rings. The average Bonchev–Trinajstić information content (AvgIpc) is 2.73. The van der Waals surface area contributed by atoms with Crippen molar-refractivity contribution in [3.05, 3.63) is 60.7 Å². The molecule has 0 aliphatic carbocycles. The molecule has 2 nitrogen and oxygen atoms in total. The molecule has 0 fully saturated rings. The monoisotopic (exact) mass is 464 g/mol. The van der Waals surface area contributed by atoms with Crippen molar-refractivity contribution in [3.8, 4) is 0 Å². The van der Waals surface area contributed by atoms with E-state index in [9.17, 15) is 26.3 Å². The van der Waals surface area contributed by atoms with Crippen LogP contribution in [0, 0.1) is 5.92 Å². The van der Waals surface area contributed by atoms with Crippen molar-refractivity contribution in [1.29, 1.82) is 0 Å². The lowest BCUT2D eigenvalue weighted by Gasteiger charge is -2.34. The van der Waals surface area contributed by atoms with Crippen LogP contribution in [0.4, 0.5) is 26.3 Å². The summed E-state index contributed by atoms with van der Waals surface area (Å²) in [5, 5.41) is 0.896. The van der Waals surface area contributed by atoms with Crippen LogP contribution in [0.2, 0.25) is 0 Å². The second kappa shape index (κ2) is 10.6. The van der Waals surface area contributed by atoms with E-state index in [1.54, 1.807) is 60.7 Å². The van der Waals surface area contributed by atoms with Crippen molar-refractivity contribution in [3.63, 3.8) is 0 Å². The van der Waals surface area contributed by atoms with Crippen molar-refractivity contribution in [2.75, 3.05) is 13.2 Å². The Labute approximate surface area is 179 Å².